The summed E-state index contributed by atoms with van der Waals surface area (Å²) in [5, 5.41) is 3.19. The van der Waals surface area contributed by atoms with Gasteiger partial charge >= 0.3 is 0 Å². The van der Waals surface area contributed by atoms with Gasteiger partial charge in [0.05, 0.1) is 19.2 Å². The van der Waals surface area contributed by atoms with Crippen LogP contribution < -0.4 is 15.0 Å². The van der Waals surface area contributed by atoms with E-state index in [2.05, 4.69) is 22.2 Å². The Labute approximate surface area is 216 Å². The van der Waals surface area contributed by atoms with Crippen molar-refractivity contribution in [2.75, 3.05) is 63.6 Å². The molecule has 2 amide bonds. The minimum Gasteiger partial charge on any atom is -0.497 e. The van der Waals surface area contributed by atoms with Crippen molar-refractivity contribution in [1.82, 2.24) is 14.7 Å². The van der Waals surface area contributed by atoms with E-state index >= 15 is 0 Å². The quantitative estimate of drug-likeness (QED) is 0.517. The van der Waals surface area contributed by atoms with E-state index in [1.54, 1.807) is 31.4 Å². The predicted molar refractivity (Wildman–Crippen MR) is 142 cm³/mol. The van der Waals surface area contributed by atoms with Crippen LogP contribution in [0.5, 0.6) is 5.75 Å². The molecule has 0 saturated carbocycles. The average Bonchev–Trinajstić information content (AvgIpc) is 3.10. The van der Waals surface area contributed by atoms with Crippen LogP contribution in [0.2, 0.25) is 0 Å². The molecule has 2 heterocycles. The first-order chi connectivity index (χ1) is 17.4. The molecule has 36 heavy (non-hydrogen) atoms. The van der Waals surface area contributed by atoms with Crippen LogP contribution in [-0.4, -0.2) is 91.1 Å². The maximum absolute atomic E-state index is 13.5. The number of carbonyl (C=O) groups is 2. The number of rotatable bonds is 9. The number of anilines is 2. The number of halogens is 1. The van der Waals surface area contributed by atoms with E-state index in [-0.39, 0.29) is 18.2 Å². The molecule has 2 aliphatic heterocycles. The Hall–Kier alpha value is -3.08. The maximum Gasteiger partial charge on any atom is 0.256 e. The predicted octanol–water partition coefficient (Wildman–Crippen LogP) is 2.80. The molecule has 8 nitrogen and oxygen atoms in total. The lowest BCUT2D eigenvalue weighted by Crippen LogP contribution is -2.45. The minimum absolute atomic E-state index is 0.0444. The van der Waals surface area contributed by atoms with Crippen LogP contribution in [0.15, 0.2) is 48.5 Å². The van der Waals surface area contributed by atoms with Crippen LogP contribution in [0.3, 0.4) is 0 Å². The van der Waals surface area contributed by atoms with Crippen LogP contribution in [0, 0.1) is 5.82 Å². The number of likely N-dealkylation sites (N-methyl/N-ethyl adjacent to an activating group) is 1. The zero-order valence-electron chi connectivity index (χ0n) is 20.7. The molecule has 192 valence electrons. The zero-order valence-corrected chi connectivity index (χ0v) is 21.5. The van der Waals surface area contributed by atoms with Crippen LogP contribution in [0.1, 0.15) is 12.8 Å². The number of hydrogen-bond acceptors (Lipinski definition) is 6. The number of nitrogens with one attached hydrogen (secondary N) is 1. The van der Waals surface area contributed by atoms with Crippen molar-refractivity contribution in [1.29, 1.82) is 0 Å². The molecule has 0 radical (unpaired) electrons. The molecule has 0 aliphatic carbocycles. The second-order valence-corrected chi connectivity index (χ2v) is 9.49. The Morgan fingerprint density at radius 1 is 1.06 bits per heavy atom. The van der Waals surface area contributed by atoms with Gasteiger partial charge < -0.3 is 24.8 Å². The first kappa shape index (κ1) is 26.0. The molecular formula is C26H32FN5O3S. The first-order valence-corrected chi connectivity index (χ1v) is 12.5. The fourth-order valence-corrected chi connectivity index (χ4v) is 4.93. The Balaban J connectivity index is 1.45. The van der Waals surface area contributed by atoms with Crippen molar-refractivity contribution in [2.24, 2.45) is 0 Å². The standard InChI is InChI=1S/C26H32FN5O3S/c1-29-14-16-30(17-15-29)12-3-13-31-23(18-24(33)28-20-6-10-22(35-2)11-7-20)25(34)32(26(31)36)21-8-4-19(27)5-9-21/h4-11,23H,3,12-18H2,1-2H3,(H,28,33). The minimum atomic E-state index is -0.728. The molecule has 1 atom stereocenters. The van der Waals surface area contributed by atoms with Crippen LogP contribution in [0.25, 0.3) is 0 Å². The van der Waals surface area contributed by atoms with Crippen LogP contribution in [0.4, 0.5) is 15.8 Å². The molecule has 2 saturated heterocycles. The van der Waals surface area contributed by atoms with Gasteiger partial charge in [-0.1, -0.05) is 0 Å². The number of nitrogens with zero attached hydrogens (tertiary/aromatic N) is 4. The van der Waals surface area contributed by atoms with Crippen LogP contribution in [-0.2, 0) is 9.59 Å². The number of methoxy groups -OCH3 is 1. The summed E-state index contributed by atoms with van der Waals surface area (Å²) in [7, 11) is 3.70. The number of carbonyl (C=O) groups excluding carboxylic acids is 2. The fourth-order valence-electron chi connectivity index (χ4n) is 4.51. The Morgan fingerprint density at radius 3 is 2.36 bits per heavy atom. The van der Waals surface area contributed by atoms with Crippen molar-refractivity contribution in [3.05, 3.63) is 54.3 Å². The van der Waals surface area contributed by atoms with E-state index in [1.165, 1.54) is 29.2 Å². The largest absolute Gasteiger partial charge is 0.497 e. The average molecular weight is 514 g/mol. The van der Waals surface area contributed by atoms with E-state index in [1.807, 2.05) is 4.90 Å². The van der Waals surface area contributed by atoms with Gasteiger partial charge in [0.2, 0.25) is 5.91 Å². The highest BCUT2D eigenvalue weighted by Crippen LogP contribution is 2.28. The highest BCUT2D eigenvalue weighted by atomic mass is 32.1. The van der Waals surface area contributed by atoms with E-state index in [0.29, 0.717) is 28.8 Å². The highest BCUT2D eigenvalue weighted by Gasteiger charge is 2.43. The first-order valence-electron chi connectivity index (χ1n) is 12.1. The third-order valence-corrected chi connectivity index (χ3v) is 7.04. The number of piperazine rings is 1. The van der Waals surface area contributed by atoms with Crippen molar-refractivity contribution in [2.45, 2.75) is 18.9 Å². The molecule has 0 bridgehead atoms. The maximum atomic E-state index is 13.5. The van der Waals surface area contributed by atoms with Crippen molar-refractivity contribution in [3.63, 3.8) is 0 Å². The number of thiocarbonyl (C=S) groups is 1. The molecule has 0 aromatic heterocycles. The summed E-state index contributed by atoms with van der Waals surface area (Å²) < 4.78 is 18.7. The second kappa shape index (κ2) is 11.8. The Morgan fingerprint density at radius 2 is 1.72 bits per heavy atom. The van der Waals surface area contributed by atoms with Gasteiger partial charge in [0.1, 0.15) is 17.6 Å². The van der Waals surface area contributed by atoms with Gasteiger partial charge in [0.15, 0.2) is 5.11 Å². The summed E-state index contributed by atoms with van der Waals surface area (Å²) in [5.74, 6) is -0.274. The van der Waals surface area contributed by atoms with E-state index < -0.39 is 11.9 Å². The third kappa shape index (κ3) is 6.18. The third-order valence-electron chi connectivity index (χ3n) is 6.63. The molecule has 2 fully saturated rings. The molecule has 4 rings (SSSR count). The summed E-state index contributed by atoms with van der Waals surface area (Å²) in [5.41, 5.74) is 1.11. The normalized spacial score (nSPS) is 19.1. The van der Waals surface area contributed by atoms with E-state index in [9.17, 15) is 14.0 Å². The molecule has 2 aliphatic rings. The smallest absolute Gasteiger partial charge is 0.256 e. The lowest BCUT2D eigenvalue weighted by Gasteiger charge is -2.33. The number of hydrogen-bond donors (Lipinski definition) is 1. The number of ether oxygens (including phenoxy) is 1. The highest BCUT2D eigenvalue weighted by molar-refractivity contribution is 7.80. The topological polar surface area (TPSA) is 68.4 Å². The number of benzene rings is 2. The summed E-state index contributed by atoms with van der Waals surface area (Å²) in [4.78, 5) is 34.4. The monoisotopic (exact) mass is 513 g/mol. The van der Waals surface area contributed by atoms with Gasteiger partial charge in [-0.3, -0.25) is 14.5 Å². The molecule has 2 aromatic rings. The fraction of sp³-hybridized carbons (Fsp3) is 0.423. The van der Waals surface area contributed by atoms with Gasteiger partial charge in [-0.25, -0.2) is 4.39 Å². The molecule has 10 heteroatoms. The second-order valence-electron chi connectivity index (χ2n) is 9.12. The van der Waals surface area contributed by atoms with Gasteiger partial charge in [0.25, 0.3) is 5.91 Å². The van der Waals surface area contributed by atoms with Gasteiger partial charge in [-0.05, 0) is 80.8 Å². The lowest BCUT2D eigenvalue weighted by atomic mass is 10.1. The van der Waals surface area contributed by atoms with Gasteiger partial charge in [0, 0.05) is 38.4 Å². The van der Waals surface area contributed by atoms with E-state index in [4.69, 9.17) is 17.0 Å². The Kier molecular flexibility index (Phi) is 8.50. The molecule has 2 aromatic carbocycles. The number of amides is 2. The summed E-state index contributed by atoms with van der Waals surface area (Å²) in [6.45, 7) is 5.53. The SMILES string of the molecule is COc1ccc(NC(=O)CC2C(=O)N(c3ccc(F)cc3)C(=S)N2CCCN2CCN(C)CC2)cc1. The van der Waals surface area contributed by atoms with Crippen molar-refractivity contribution < 1.29 is 18.7 Å². The molecular weight excluding hydrogens is 481 g/mol. The zero-order chi connectivity index (χ0) is 25.7. The van der Waals surface area contributed by atoms with Crippen molar-refractivity contribution in [3.8, 4) is 5.75 Å². The molecule has 0 spiro atoms. The summed E-state index contributed by atoms with van der Waals surface area (Å²) >= 11 is 5.70. The van der Waals surface area contributed by atoms with Gasteiger partial charge in [-0.2, -0.15) is 0 Å². The summed E-state index contributed by atoms with van der Waals surface area (Å²) in [6, 6.07) is 11.9. The summed E-state index contributed by atoms with van der Waals surface area (Å²) in [6.07, 6.45) is 0.766. The Bertz CT molecular complexity index is 1070. The van der Waals surface area contributed by atoms with Gasteiger partial charge in [-0.15, -0.1) is 0 Å². The van der Waals surface area contributed by atoms with Crippen LogP contribution >= 0.6 is 12.2 Å². The van der Waals surface area contributed by atoms with E-state index in [0.717, 1.165) is 39.1 Å². The molecule has 1 unspecified atom stereocenters. The molecule has 1 N–H and O–H groups in total. The lowest BCUT2D eigenvalue weighted by molar-refractivity contribution is -0.124. The van der Waals surface area contributed by atoms with Crippen molar-refractivity contribution >= 4 is 40.5 Å².